The van der Waals surface area contributed by atoms with Gasteiger partial charge in [-0.1, -0.05) is 30.3 Å². The minimum atomic E-state index is -0.373. The Labute approximate surface area is 142 Å². The van der Waals surface area contributed by atoms with Gasteiger partial charge in [0.05, 0.1) is 19.3 Å². The van der Waals surface area contributed by atoms with Gasteiger partial charge in [-0.15, -0.1) is 11.8 Å². The molecule has 0 unspecified atom stereocenters. The fourth-order valence-corrected chi connectivity index (χ4v) is 3.81. The molecule has 0 bridgehead atoms. The van der Waals surface area contributed by atoms with Crippen LogP contribution in [0.25, 0.3) is 0 Å². The first-order chi connectivity index (χ1) is 11.1. The average molecular weight is 329 g/mol. The van der Waals surface area contributed by atoms with Crippen molar-refractivity contribution in [1.29, 1.82) is 0 Å². The zero-order valence-electron chi connectivity index (χ0n) is 13.7. The molecule has 122 valence electrons. The molecule has 23 heavy (non-hydrogen) atoms. The third-order valence-electron chi connectivity index (χ3n) is 4.54. The van der Waals surface area contributed by atoms with Crippen LogP contribution in [-0.2, 0) is 6.42 Å². The molecule has 0 fully saturated rings. The van der Waals surface area contributed by atoms with E-state index in [4.69, 9.17) is 4.74 Å². The first-order valence-electron chi connectivity index (χ1n) is 7.88. The first kappa shape index (κ1) is 16.4. The Morgan fingerprint density at radius 3 is 2.78 bits per heavy atom. The second kappa shape index (κ2) is 6.95. The molecule has 3 rings (SSSR count). The van der Waals surface area contributed by atoms with Crippen molar-refractivity contribution in [2.75, 3.05) is 13.4 Å². The summed E-state index contributed by atoms with van der Waals surface area (Å²) in [6.45, 7) is 2.13. The molecule has 4 heteroatoms. The van der Waals surface area contributed by atoms with Gasteiger partial charge >= 0.3 is 0 Å². The van der Waals surface area contributed by atoms with E-state index in [9.17, 15) is 5.11 Å². The van der Waals surface area contributed by atoms with Crippen LogP contribution in [-0.4, -0.2) is 24.6 Å². The Balaban J connectivity index is 1.81. The smallest absolute Gasteiger partial charge is 0.132 e. The third-order valence-corrected chi connectivity index (χ3v) is 5.32. The standard InChI is InChI=1S/C19H23NO2S/c1-12(13-8-9-18(23-3)17(11-13)22-2)20-19-15-7-5-4-6-14(15)10-16(19)21/h4-9,11-12,16,19-21H,10H2,1-3H3/t12-,16-,19-/m0/s1. The normalized spacial score (nSPS) is 21.0. The predicted octanol–water partition coefficient (Wildman–Crippen LogP) is 3.73. The van der Waals surface area contributed by atoms with Gasteiger partial charge in [0.25, 0.3) is 0 Å². The van der Waals surface area contributed by atoms with E-state index in [2.05, 4.69) is 42.6 Å². The number of hydrogen-bond donors (Lipinski definition) is 2. The maximum absolute atomic E-state index is 10.4. The molecule has 0 saturated carbocycles. The molecule has 1 aliphatic carbocycles. The zero-order chi connectivity index (χ0) is 16.4. The van der Waals surface area contributed by atoms with Crippen LogP contribution in [0.4, 0.5) is 0 Å². The number of methoxy groups -OCH3 is 1. The van der Waals surface area contributed by atoms with Gasteiger partial charge in [-0.3, -0.25) is 0 Å². The van der Waals surface area contributed by atoms with Crippen LogP contribution in [0.5, 0.6) is 5.75 Å². The van der Waals surface area contributed by atoms with Gasteiger partial charge in [-0.2, -0.15) is 0 Å². The second-order valence-electron chi connectivity index (χ2n) is 5.95. The quantitative estimate of drug-likeness (QED) is 0.820. The van der Waals surface area contributed by atoms with Crippen LogP contribution < -0.4 is 10.1 Å². The highest BCUT2D eigenvalue weighted by Gasteiger charge is 2.31. The monoisotopic (exact) mass is 329 g/mol. The summed E-state index contributed by atoms with van der Waals surface area (Å²) in [6, 6.07) is 14.7. The van der Waals surface area contributed by atoms with Crippen molar-refractivity contribution in [3.05, 3.63) is 59.2 Å². The van der Waals surface area contributed by atoms with E-state index in [1.165, 1.54) is 11.1 Å². The summed E-state index contributed by atoms with van der Waals surface area (Å²) >= 11 is 1.68. The highest BCUT2D eigenvalue weighted by atomic mass is 32.2. The van der Waals surface area contributed by atoms with E-state index in [-0.39, 0.29) is 18.2 Å². The molecular formula is C19H23NO2S. The van der Waals surface area contributed by atoms with E-state index < -0.39 is 0 Å². The van der Waals surface area contributed by atoms with Crippen LogP contribution in [0, 0.1) is 0 Å². The van der Waals surface area contributed by atoms with Gasteiger partial charge in [0, 0.05) is 17.4 Å². The lowest BCUT2D eigenvalue weighted by Crippen LogP contribution is -2.31. The van der Waals surface area contributed by atoms with E-state index in [0.717, 1.165) is 22.6 Å². The molecule has 2 N–H and O–H groups in total. The Kier molecular flexibility index (Phi) is 4.95. The van der Waals surface area contributed by atoms with Crippen LogP contribution in [0.1, 0.15) is 35.7 Å². The van der Waals surface area contributed by atoms with Crippen molar-refractivity contribution in [1.82, 2.24) is 5.32 Å². The molecule has 3 atom stereocenters. The van der Waals surface area contributed by atoms with Gasteiger partial charge in [0.15, 0.2) is 0 Å². The van der Waals surface area contributed by atoms with Gasteiger partial charge in [-0.25, -0.2) is 0 Å². The minimum absolute atomic E-state index is 0.0209. The Morgan fingerprint density at radius 2 is 2.04 bits per heavy atom. The Hall–Kier alpha value is -1.49. The molecule has 0 aliphatic heterocycles. The van der Waals surface area contributed by atoms with E-state index in [1.54, 1.807) is 18.9 Å². The molecule has 1 aliphatic rings. The summed E-state index contributed by atoms with van der Waals surface area (Å²) < 4.78 is 5.48. The molecule has 0 amide bonds. The van der Waals surface area contributed by atoms with Gasteiger partial charge in [0.1, 0.15) is 5.75 Å². The van der Waals surface area contributed by atoms with E-state index >= 15 is 0 Å². The second-order valence-corrected chi connectivity index (χ2v) is 6.80. The van der Waals surface area contributed by atoms with Gasteiger partial charge in [-0.05, 0) is 42.0 Å². The zero-order valence-corrected chi connectivity index (χ0v) is 14.6. The number of aliphatic hydroxyl groups is 1. The first-order valence-corrected chi connectivity index (χ1v) is 9.10. The molecule has 3 nitrogen and oxygen atoms in total. The molecule has 2 aromatic rings. The summed E-state index contributed by atoms with van der Waals surface area (Å²) in [5, 5.41) is 14.0. The summed E-state index contributed by atoms with van der Waals surface area (Å²) in [5.74, 6) is 0.899. The van der Waals surface area contributed by atoms with Crippen LogP contribution in [0.15, 0.2) is 47.4 Å². The number of rotatable bonds is 5. The number of nitrogens with one attached hydrogen (secondary N) is 1. The van der Waals surface area contributed by atoms with Gasteiger partial charge in [0.2, 0.25) is 0 Å². The molecular weight excluding hydrogens is 306 g/mol. The lowest BCUT2D eigenvalue weighted by atomic mass is 10.0. The summed E-state index contributed by atoms with van der Waals surface area (Å²) in [6.07, 6.45) is 2.39. The van der Waals surface area contributed by atoms with E-state index in [1.807, 2.05) is 18.4 Å². The maximum Gasteiger partial charge on any atom is 0.132 e. The van der Waals surface area contributed by atoms with E-state index in [0.29, 0.717) is 0 Å². The topological polar surface area (TPSA) is 41.5 Å². The van der Waals surface area contributed by atoms with Crippen LogP contribution in [0.2, 0.25) is 0 Å². The van der Waals surface area contributed by atoms with Crippen LogP contribution >= 0.6 is 11.8 Å². The SMILES string of the molecule is COc1cc([C@H](C)N[C@H]2c3ccccc3C[C@@H]2O)ccc1SC. The van der Waals surface area contributed by atoms with Crippen LogP contribution in [0.3, 0.4) is 0 Å². The largest absolute Gasteiger partial charge is 0.496 e. The molecule has 0 radical (unpaired) electrons. The Bertz CT molecular complexity index is 689. The fourth-order valence-electron chi connectivity index (χ4n) is 3.26. The highest BCUT2D eigenvalue weighted by molar-refractivity contribution is 7.98. The summed E-state index contributed by atoms with van der Waals surface area (Å²) in [5.41, 5.74) is 3.61. The number of ether oxygens (including phenoxy) is 1. The molecule has 0 saturated heterocycles. The minimum Gasteiger partial charge on any atom is -0.496 e. The third kappa shape index (κ3) is 3.25. The summed E-state index contributed by atoms with van der Waals surface area (Å²) in [7, 11) is 1.70. The fraction of sp³-hybridized carbons (Fsp3) is 0.368. The van der Waals surface area contributed by atoms with Crippen molar-refractivity contribution in [3.63, 3.8) is 0 Å². The number of fused-ring (bicyclic) bond motifs is 1. The number of benzene rings is 2. The Morgan fingerprint density at radius 1 is 1.26 bits per heavy atom. The van der Waals surface area contributed by atoms with Crippen molar-refractivity contribution < 1.29 is 9.84 Å². The van der Waals surface area contributed by atoms with Gasteiger partial charge < -0.3 is 15.2 Å². The highest BCUT2D eigenvalue weighted by Crippen LogP contribution is 2.35. The number of thioether (sulfide) groups is 1. The van der Waals surface area contributed by atoms with Crippen molar-refractivity contribution in [3.8, 4) is 5.75 Å². The lowest BCUT2D eigenvalue weighted by Gasteiger charge is -2.24. The molecule has 0 aromatic heterocycles. The molecule has 0 spiro atoms. The summed E-state index contributed by atoms with van der Waals surface area (Å²) in [4.78, 5) is 1.13. The van der Waals surface area contributed by atoms with Crippen molar-refractivity contribution in [2.45, 2.75) is 36.4 Å². The average Bonchev–Trinajstić information content (AvgIpc) is 2.89. The maximum atomic E-state index is 10.4. The number of hydrogen-bond acceptors (Lipinski definition) is 4. The van der Waals surface area contributed by atoms with Crippen molar-refractivity contribution >= 4 is 11.8 Å². The predicted molar refractivity (Wildman–Crippen MR) is 95.2 cm³/mol. The lowest BCUT2D eigenvalue weighted by molar-refractivity contribution is 0.136. The number of aliphatic hydroxyl groups excluding tert-OH is 1. The van der Waals surface area contributed by atoms with Crippen molar-refractivity contribution in [2.24, 2.45) is 0 Å². The molecule has 0 heterocycles. The molecule has 2 aromatic carbocycles.